The standard InChI is InChI=1S/C26H29Cl2IN4O/c1-2-3-5-8-18-9-11-19(12-10-18)25-23(29)24(26(34)31-32-15-6-4-7-16-32)30-33(25)22-14-13-20(27)17-21(22)28/h9-14,17H,2-8,15-16H2,1H3,(H,31,34). The maximum atomic E-state index is 13.2. The first-order valence-electron chi connectivity index (χ1n) is 11.9. The Balaban J connectivity index is 1.72. The van der Waals surface area contributed by atoms with Crippen molar-refractivity contribution >= 4 is 51.7 Å². The van der Waals surface area contributed by atoms with Crippen LogP contribution in [0, 0.1) is 3.57 Å². The van der Waals surface area contributed by atoms with E-state index < -0.39 is 0 Å². The van der Waals surface area contributed by atoms with Crippen molar-refractivity contribution in [3.05, 3.63) is 67.3 Å². The number of rotatable bonds is 8. The molecule has 0 radical (unpaired) electrons. The maximum Gasteiger partial charge on any atom is 0.287 e. The summed E-state index contributed by atoms with van der Waals surface area (Å²) in [6, 6.07) is 13.8. The lowest BCUT2D eigenvalue weighted by atomic mass is 10.0. The average molecular weight is 611 g/mol. The van der Waals surface area contributed by atoms with Gasteiger partial charge in [-0.1, -0.05) is 73.7 Å². The maximum absolute atomic E-state index is 13.2. The highest BCUT2D eigenvalue weighted by molar-refractivity contribution is 14.1. The fourth-order valence-electron chi connectivity index (χ4n) is 4.23. The van der Waals surface area contributed by atoms with E-state index in [0.717, 1.165) is 47.2 Å². The second kappa shape index (κ2) is 11.9. The first-order valence-corrected chi connectivity index (χ1v) is 13.7. The van der Waals surface area contributed by atoms with Crippen molar-refractivity contribution in [2.75, 3.05) is 13.1 Å². The van der Waals surface area contributed by atoms with E-state index in [4.69, 9.17) is 28.3 Å². The van der Waals surface area contributed by atoms with Gasteiger partial charge in [0.2, 0.25) is 0 Å². The Morgan fingerprint density at radius 2 is 1.79 bits per heavy atom. The SMILES string of the molecule is CCCCCc1ccc(-c2c(I)c(C(=O)NN3CCCCC3)nn2-c2ccc(Cl)cc2Cl)cc1. The number of hydrogen-bond donors (Lipinski definition) is 1. The van der Waals surface area contributed by atoms with E-state index in [0.29, 0.717) is 21.4 Å². The number of amides is 1. The third-order valence-electron chi connectivity index (χ3n) is 6.09. The minimum absolute atomic E-state index is 0.201. The largest absolute Gasteiger partial charge is 0.287 e. The van der Waals surface area contributed by atoms with E-state index in [9.17, 15) is 4.79 Å². The van der Waals surface area contributed by atoms with E-state index in [1.54, 1.807) is 16.8 Å². The lowest BCUT2D eigenvalue weighted by Crippen LogP contribution is -2.45. The van der Waals surface area contributed by atoms with Gasteiger partial charge in [0.25, 0.3) is 5.91 Å². The predicted octanol–water partition coefficient (Wildman–Crippen LogP) is 7.31. The van der Waals surface area contributed by atoms with Crippen LogP contribution in [0.5, 0.6) is 0 Å². The fourth-order valence-corrected chi connectivity index (χ4v) is 5.61. The van der Waals surface area contributed by atoms with Crippen LogP contribution in [0.2, 0.25) is 10.0 Å². The highest BCUT2D eigenvalue weighted by Gasteiger charge is 2.26. The summed E-state index contributed by atoms with van der Waals surface area (Å²) < 4.78 is 2.55. The van der Waals surface area contributed by atoms with Gasteiger partial charge in [-0.15, -0.1) is 0 Å². The summed E-state index contributed by atoms with van der Waals surface area (Å²) in [5.74, 6) is -0.201. The molecule has 3 aromatic rings. The molecule has 5 nitrogen and oxygen atoms in total. The molecule has 1 aliphatic rings. The van der Waals surface area contributed by atoms with Crippen LogP contribution < -0.4 is 5.43 Å². The predicted molar refractivity (Wildman–Crippen MR) is 148 cm³/mol. The third-order valence-corrected chi connectivity index (χ3v) is 7.65. The van der Waals surface area contributed by atoms with Crippen LogP contribution in [0.15, 0.2) is 42.5 Å². The number of nitrogens with zero attached hydrogens (tertiary/aromatic N) is 3. The van der Waals surface area contributed by atoms with Crippen molar-refractivity contribution in [2.24, 2.45) is 0 Å². The van der Waals surface area contributed by atoms with Gasteiger partial charge in [0, 0.05) is 23.7 Å². The lowest BCUT2D eigenvalue weighted by molar-refractivity contribution is 0.0743. The van der Waals surface area contributed by atoms with Crippen molar-refractivity contribution < 1.29 is 4.79 Å². The zero-order valence-corrected chi connectivity index (χ0v) is 23.0. The lowest BCUT2D eigenvalue weighted by Gasteiger charge is -2.26. The summed E-state index contributed by atoms with van der Waals surface area (Å²) in [5.41, 5.74) is 7.25. The number of unbranched alkanes of at least 4 members (excludes halogenated alkanes) is 2. The molecule has 1 aliphatic heterocycles. The molecule has 1 fully saturated rings. The van der Waals surface area contributed by atoms with Crippen molar-refractivity contribution in [3.8, 4) is 16.9 Å². The monoisotopic (exact) mass is 610 g/mol. The Morgan fingerprint density at radius 1 is 1.06 bits per heavy atom. The van der Waals surface area contributed by atoms with Crippen LogP contribution in [0.1, 0.15) is 61.5 Å². The number of halogens is 3. The molecule has 2 heterocycles. The Bertz CT molecular complexity index is 1140. The third kappa shape index (κ3) is 5.96. The van der Waals surface area contributed by atoms with Gasteiger partial charge < -0.3 is 0 Å². The van der Waals surface area contributed by atoms with Crippen LogP contribution in [-0.2, 0) is 6.42 Å². The normalized spacial score (nSPS) is 14.4. The van der Waals surface area contributed by atoms with Gasteiger partial charge in [-0.05, 0) is 72.0 Å². The molecule has 2 aromatic carbocycles. The van der Waals surface area contributed by atoms with E-state index in [1.807, 2.05) is 11.1 Å². The number of aromatic nitrogens is 2. The number of hydrazine groups is 1. The number of hydrogen-bond acceptors (Lipinski definition) is 3. The fraction of sp³-hybridized carbons (Fsp3) is 0.385. The molecule has 0 spiro atoms. The van der Waals surface area contributed by atoms with Crippen molar-refractivity contribution in [1.82, 2.24) is 20.2 Å². The van der Waals surface area contributed by atoms with Crippen LogP contribution in [-0.4, -0.2) is 33.8 Å². The summed E-state index contributed by atoms with van der Waals surface area (Å²) in [6.45, 7) is 3.93. The minimum atomic E-state index is -0.201. The number of carbonyl (C=O) groups is 1. The van der Waals surface area contributed by atoms with E-state index >= 15 is 0 Å². The van der Waals surface area contributed by atoms with Gasteiger partial charge in [-0.3, -0.25) is 10.2 Å². The quantitative estimate of drug-likeness (QED) is 0.215. The van der Waals surface area contributed by atoms with Gasteiger partial charge >= 0.3 is 0 Å². The molecule has 1 saturated heterocycles. The summed E-state index contributed by atoms with van der Waals surface area (Å²) in [6.07, 6.45) is 8.07. The highest BCUT2D eigenvalue weighted by atomic mass is 127. The molecule has 180 valence electrons. The molecule has 0 aliphatic carbocycles. The zero-order chi connectivity index (χ0) is 24.1. The molecule has 1 aromatic heterocycles. The Labute approximate surface area is 224 Å². The van der Waals surface area contributed by atoms with Crippen molar-refractivity contribution in [2.45, 2.75) is 51.9 Å². The van der Waals surface area contributed by atoms with Crippen LogP contribution in [0.3, 0.4) is 0 Å². The number of benzene rings is 2. The summed E-state index contributed by atoms with van der Waals surface area (Å²) >= 11 is 14.9. The minimum Gasteiger partial charge on any atom is -0.283 e. The molecule has 0 bridgehead atoms. The van der Waals surface area contributed by atoms with Crippen LogP contribution >= 0.6 is 45.8 Å². The van der Waals surface area contributed by atoms with Gasteiger partial charge in [-0.2, -0.15) is 5.10 Å². The number of carbonyl (C=O) groups excluding carboxylic acids is 1. The molecular formula is C26H29Cl2IN4O. The molecule has 1 N–H and O–H groups in total. The smallest absolute Gasteiger partial charge is 0.283 e. The average Bonchev–Trinajstić information content (AvgIpc) is 3.17. The van der Waals surface area contributed by atoms with Gasteiger partial charge in [0.1, 0.15) is 0 Å². The first kappa shape index (κ1) is 25.5. The second-order valence-electron chi connectivity index (χ2n) is 8.66. The van der Waals surface area contributed by atoms with E-state index in [2.05, 4.69) is 59.2 Å². The number of aryl methyl sites for hydroxylation is 1. The van der Waals surface area contributed by atoms with Crippen LogP contribution in [0.25, 0.3) is 16.9 Å². The van der Waals surface area contributed by atoms with Crippen molar-refractivity contribution in [1.29, 1.82) is 0 Å². The summed E-state index contributed by atoms with van der Waals surface area (Å²) in [7, 11) is 0. The Morgan fingerprint density at radius 3 is 2.47 bits per heavy atom. The number of nitrogens with one attached hydrogen (secondary N) is 1. The molecule has 4 rings (SSSR count). The second-order valence-corrected chi connectivity index (χ2v) is 10.6. The van der Waals surface area contributed by atoms with E-state index in [-0.39, 0.29) is 5.91 Å². The van der Waals surface area contributed by atoms with Crippen LogP contribution in [0.4, 0.5) is 0 Å². The van der Waals surface area contributed by atoms with Gasteiger partial charge in [-0.25, -0.2) is 9.69 Å². The molecule has 0 saturated carbocycles. The van der Waals surface area contributed by atoms with Crippen molar-refractivity contribution in [3.63, 3.8) is 0 Å². The molecule has 34 heavy (non-hydrogen) atoms. The number of piperidine rings is 1. The topological polar surface area (TPSA) is 50.2 Å². The Hall–Kier alpha value is -1.61. The summed E-state index contributed by atoms with van der Waals surface area (Å²) in [4.78, 5) is 13.2. The molecule has 0 unspecified atom stereocenters. The molecular weight excluding hydrogens is 582 g/mol. The molecule has 1 amide bonds. The highest BCUT2D eigenvalue weighted by Crippen LogP contribution is 2.34. The molecule has 8 heteroatoms. The Kier molecular flexibility index (Phi) is 8.91. The molecule has 0 atom stereocenters. The van der Waals surface area contributed by atoms with Gasteiger partial charge in [0.15, 0.2) is 5.69 Å². The zero-order valence-electron chi connectivity index (χ0n) is 19.3. The summed E-state index contributed by atoms with van der Waals surface area (Å²) in [5, 5.41) is 7.76. The van der Waals surface area contributed by atoms with Gasteiger partial charge in [0.05, 0.1) is 20.0 Å². The first-order chi connectivity index (χ1) is 16.5. The van der Waals surface area contributed by atoms with E-state index in [1.165, 1.54) is 31.2 Å².